The van der Waals surface area contributed by atoms with Crippen molar-refractivity contribution in [1.82, 2.24) is 16.0 Å². The van der Waals surface area contributed by atoms with E-state index >= 15 is 0 Å². The number of hydrogen-bond donors (Lipinski definition) is 7. The lowest BCUT2D eigenvalue weighted by Crippen LogP contribution is -2.58. The van der Waals surface area contributed by atoms with E-state index in [1.54, 1.807) is 13.8 Å². The second-order valence-corrected chi connectivity index (χ2v) is 5.78. The smallest absolute Gasteiger partial charge is 0.326 e. The van der Waals surface area contributed by atoms with E-state index in [4.69, 9.17) is 15.9 Å². The van der Waals surface area contributed by atoms with E-state index < -0.39 is 61.6 Å². The quantitative estimate of drug-likeness (QED) is 0.197. The van der Waals surface area contributed by atoms with Crippen molar-refractivity contribution in [3.63, 3.8) is 0 Å². The molecule has 0 aromatic heterocycles. The molecule has 25 heavy (non-hydrogen) atoms. The van der Waals surface area contributed by atoms with Gasteiger partial charge in [-0.25, -0.2) is 4.79 Å². The Morgan fingerprint density at radius 2 is 1.32 bits per heavy atom. The molecule has 0 aliphatic rings. The van der Waals surface area contributed by atoms with Gasteiger partial charge in [0.2, 0.25) is 17.7 Å². The maximum absolute atomic E-state index is 12.1. The highest BCUT2D eigenvalue weighted by Gasteiger charge is 2.29. The Morgan fingerprint density at radius 3 is 1.68 bits per heavy atom. The molecule has 0 rings (SSSR count). The number of carbonyl (C=O) groups is 4. The molecule has 3 amide bonds. The lowest BCUT2D eigenvalue weighted by atomic mass is 10.0. The van der Waals surface area contributed by atoms with E-state index in [2.05, 4.69) is 16.0 Å². The first-order valence-electron chi connectivity index (χ1n) is 7.70. The maximum atomic E-state index is 12.1. The molecule has 3 atom stereocenters. The summed E-state index contributed by atoms with van der Waals surface area (Å²) in [5.74, 6) is -3.76. The van der Waals surface area contributed by atoms with E-state index in [0.717, 1.165) is 0 Å². The zero-order valence-electron chi connectivity index (χ0n) is 14.2. The third kappa shape index (κ3) is 8.42. The van der Waals surface area contributed by atoms with Crippen LogP contribution in [0.1, 0.15) is 20.3 Å². The summed E-state index contributed by atoms with van der Waals surface area (Å²) in [6.07, 6.45) is 0.166. The molecule has 0 fully saturated rings. The topological polar surface area (TPSA) is 191 Å². The molecule has 0 aromatic rings. The van der Waals surface area contributed by atoms with Gasteiger partial charge in [-0.1, -0.05) is 13.8 Å². The Balaban J connectivity index is 4.89. The zero-order valence-corrected chi connectivity index (χ0v) is 14.2. The van der Waals surface area contributed by atoms with E-state index in [-0.39, 0.29) is 12.3 Å². The standard InChI is InChI=1S/C14H26N4O7/c1-7(2)3-8(14(24)25)17-13(23)10(6-20)18-12(22)9(5-19)16-11(21)4-15/h7-10,19-20H,3-6,15H2,1-2H3,(H,16,21)(H,17,23)(H,18,22)(H,24,25). The van der Waals surface area contributed by atoms with Gasteiger partial charge in [-0.2, -0.15) is 0 Å². The van der Waals surface area contributed by atoms with Crippen LogP contribution in [0.2, 0.25) is 0 Å². The Kier molecular flexibility index (Phi) is 10.3. The Morgan fingerprint density at radius 1 is 0.880 bits per heavy atom. The van der Waals surface area contributed by atoms with E-state index in [0.29, 0.717) is 0 Å². The highest BCUT2D eigenvalue weighted by atomic mass is 16.4. The molecule has 11 nitrogen and oxygen atoms in total. The van der Waals surface area contributed by atoms with Gasteiger partial charge >= 0.3 is 5.97 Å². The molecule has 0 aromatic carbocycles. The average molecular weight is 362 g/mol. The molecule has 0 aliphatic carbocycles. The predicted octanol–water partition coefficient (Wildman–Crippen LogP) is -3.49. The number of aliphatic hydroxyl groups excluding tert-OH is 2. The van der Waals surface area contributed by atoms with Crippen LogP contribution < -0.4 is 21.7 Å². The number of rotatable bonds is 11. The van der Waals surface area contributed by atoms with Crippen LogP contribution in [-0.4, -0.2) is 76.9 Å². The fourth-order valence-electron chi connectivity index (χ4n) is 1.88. The van der Waals surface area contributed by atoms with Gasteiger partial charge in [-0.15, -0.1) is 0 Å². The molecule has 8 N–H and O–H groups in total. The van der Waals surface area contributed by atoms with Crippen LogP contribution in [0.5, 0.6) is 0 Å². The third-order valence-electron chi connectivity index (χ3n) is 3.16. The van der Waals surface area contributed by atoms with Gasteiger partial charge in [0.25, 0.3) is 0 Å². The summed E-state index contributed by atoms with van der Waals surface area (Å²) >= 11 is 0. The summed E-state index contributed by atoms with van der Waals surface area (Å²) < 4.78 is 0. The van der Waals surface area contributed by atoms with Crippen molar-refractivity contribution in [2.45, 2.75) is 38.4 Å². The molecule has 0 saturated carbocycles. The molecule has 0 heterocycles. The van der Waals surface area contributed by atoms with Crippen molar-refractivity contribution in [3.8, 4) is 0 Å². The summed E-state index contributed by atoms with van der Waals surface area (Å²) in [7, 11) is 0. The van der Waals surface area contributed by atoms with E-state index in [1.807, 2.05) is 0 Å². The van der Waals surface area contributed by atoms with Crippen molar-refractivity contribution in [2.75, 3.05) is 19.8 Å². The first-order chi connectivity index (χ1) is 11.7. The van der Waals surface area contributed by atoms with Crippen LogP contribution in [0.3, 0.4) is 0 Å². The largest absolute Gasteiger partial charge is 0.480 e. The van der Waals surface area contributed by atoms with Crippen molar-refractivity contribution in [3.05, 3.63) is 0 Å². The summed E-state index contributed by atoms with van der Waals surface area (Å²) in [6, 6.07) is -3.97. The minimum Gasteiger partial charge on any atom is -0.480 e. The molecule has 3 unspecified atom stereocenters. The van der Waals surface area contributed by atoms with Crippen molar-refractivity contribution in [2.24, 2.45) is 11.7 Å². The number of nitrogens with two attached hydrogens (primary N) is 1. The number of nitrogens with one attached hydrogen (secondary N) is 3. The summed E-state index contributed by atoms with van der Waals surface area (Å²) in [5, 5.41) is 34.0. The fourth-order valence-corrected chi connectivity index (χ4v) is 1.88. The molecular weight excluding hydrogens is 336 g/mol. The highest BCUT2D eigenvalue weighted by molar-refractivity contribution is 5.93. The highest BCUT2D eigenvalue weighted by Crippen LogP contribution is 2.05. The van der Waals surface area contributed by atoms with Crippen LogP contribution in [0.15, 0.2) is 0 Å². The maximum Gasteiger partial charge on any atom is 0.326 e. The van der Waals surface area contributed by atoms with Crippen LogP contribution in [-0.2, 0) is 19.2 Å². The third-order valence-corrected chi connectivity index (χ3v) is 3.16. The van der Waals surface area contributed by atoms with Crippen LogP contribution in [0, 0.1) is 5.92 Å². The van der Waals surface area contributed by atoms with E-state index in [1.165, 1.54) is 0 Å². The molecule has 0 aliphatic heterocycles. The summed E-state index contributed by atoms with van der Waals surface area (Å²) in [5.41, 5.74) is 5.09. The monoisotopic (exact) mass is 362 g/mol. The van der Waals surface area contributed by atoms with Gasteiger partial charge in [0, 0.05) is 0 Å². The Labute approximate surface area is 145 Å². The summed E-state index contributed by atoms with van der Waals surface area (Å²) in [4.78, 5) is 46.4. The van der Waals surface area contributed by atoms with Gasteiger partial charge in [-0.3, -0.25) is 14.4 Å². The average Bonchev–Trinajstić information content (AvgIpc) is 2.55. The number of amides is 3. The Hall–Kier alpha value is -2.24. The first-order valence-corrected chi connectivity index (χ1v) is 7.70. The molecule has 0 bridgehead atoms. The van der Waals surface area contributed by atoms with Crippen LogP contribution in [0.25, 0.3) is 0 Å². The predicted molar refractivity (Wildman–Crippen MR) is 86.1 cm³/mol. The Bertz CT molecular complexity index is 484. The summed E-state index contributed by atoms with van der Waals surface area (Å²) in [6.45, 7) is 1.61. The number of hydrogen-bond acceptors (Lipinski definition) is 7. The van der Waals surface area contributed by atoms with Gasteiger partial charge < -0.3 is 37.0 Å². The lowest BCUT2D eigenvalue weighted by molar-refractivity contribution is -0.143. The van der Waals surface area contributed by atoms with Gasteiger partial charge in [0.05, 0.1) is 19.8 Å². The molecule has 0 spiro atoms. The van der Waals surface area contributed by atoms with Gasteiger partial charge in [0.15, 0.2) is 0 Å². The lowest BCUT2D eigenvalue weighted by Gasteiger charge is -2.23. The van der Waals surface area contributed by atoms with Gasteiger partial charge in [0.1, 0.15) is 18.1 Å². The molecular formula is C14H26N4O7. The van der Waals surface area contributed by atoms with Crippen LogP contribution >= 0.6 is 0 Å². The molecule has 0 radical (unpaired) electrons. The fraction of sp³-hybridized carbons (Fsp3) is 0.714. The number of aliphatic hydroxyl groups is 2. The SMILES string of the molecule is CC(C)CC(NC(=O)C(CO)NC(=O)C(CO)NC(=O)CN)C(=O)O. The zero-order chi connectivity index (χ0) is 19.6. The normalized spacial score (nSPS) is 14.3. The molecule has 11 heteroatoms. The molecule has 144 valence electrons. The first kappa shape index (κ1) is 22.8. The van der Waals surface area contributed by atoms with Crippen molar-refractivity contribution >= 4 is 23.7 Å². The second kappa shape index (κ2) is 11.3. The van der Waals surface area contributed by atoms with Crippen molar-refractivity contribution < 1.29 is 34.5 Å². The number of carboxylic acids is 1. The number of carbonyl (C=O) groups excluding carboxylic acids is 3. The minimum absolute atomic E-state index is 0.00573. The number of aliphatic carboxylic acids is 1. The van der Waals surface area contributed by atoms with Crippen LogP contribution in [0.4, 0.5) is 0 Å². The van der Waals surface area contributed by atoms with E-state index in [9.17, 15) is 24.3 Å². The molecule has 0 saturated heterocycles. The minimum atomic E-state index is -1.44. The number of carboxylic acid groups (broad SMARTS) is 1. The van der Waals surface area contributed by atoms with Gasteiger partial charge in [-0.05, 0) is 12.3 Å². The second-order valence-electron chi connectivity index (χ2n) is 5.78. The van der Waals surface area contributed by atoms with Crippen molar-refractivity contribution in [1.29, 1.82) is 0 Å².